The lowest BCUT2D eigenvalue weighted by Crippen LogP contribution is -2.36. The van der Waals surface area contributed by atoms with E-state index in [0.717, 1.165) is 11.6 Å². The molecule has 10 heteroatoms. The first-order valence-corrected chi connectivity index (χ1v) is 9.88. The third-order valence-electron chi connectivity index (χ3n) is 5.44. The van der Waals surface area contributed by atoms with Gasteiger partial charge in [-0.1, -0.05) is 0 Å². The lowest BCUT2D eigenvalue weighted by molar-refractivity contribution is -0.0499. The molecule has 1 aromatic carbocycles. The van der Waals surface area contributed by atoms with Crippen LogP contribution in [0.2, 0.25) is 0 Å². The number of pyridine rings is 1. The van der Waals surface area contributed by atoms with Gasteiger partial charge in [-0.2, -0.15) is 13.9 Å². The number of carbonyl (C=O) groups excluding carboxylic acids is 1. The van der Waals surface area contributed by atoms with Crippen LogP contribution in [0.5, 0.6) is 11.6 Å². The first kappa shape index (κ1) is 21.7. The van der Waals surface area contributed by atoms with Crippen LogP contribution in [0.4, 0.5) is 13.2 Å². The van der Waals surface area contributed by atoms with Crippen molar-refractivity contribution in [2.75, 3.05) is 13.7 Å². The molecule has 0 atom stereocenters. The summed E-state index contributed by atoms with van der Waals surface area (Å²) < 4.78 is 50.4. The van der Waals surface area contributed by atoms with Crippen molar-refractivity contribution in [3.63, 3.8) is 0 Å². The Morgan fingerprint density at radius 2 is 2.03 bits per heavy atom. The van der Waals surface area contributed by atoms with E-state index in [4.69, 9.17) is 4.74 Å². The second-order valence-corrected chi connectivity index (χ2v) is 7.42. The molecular formula is C22H21F3N4O3. The SMILES string of the molecule is COc1nccc(C(=O)N2CCc3c(nn(C)c3-c3cc(F)cc(OC(F)F)c3)C2)c1C. The van der Waals surface area contributed by atoms with Gasteiger partial charge < -0.3 is 14.4 Å². The Morgan fingerprint density at radius 1 is 1.25 bits per heavy atom. The molecule has 0 N–H and O–H groups in total. The molecule has 1 aliphatic heterocycles. The maximum atomic E-state index is 14.1. The van der Waals surface area contributed by atoms with E-state index in [2.05, 4.69) is 14.8 Å². The lowest BCUT2D eigenvalue weighted by Gasteiger charge is -2.27. The molecular weight excluding hydrogens is 425 g/mol. The number of aromatic nitrogens is 3. The van der Waals surface area contributed by atoms with Crippen LogP contribution in [-0.2, 0) is 20.0 Å². The monoisotopic (exact) mass is 446 g/mol. The molecule has 4 rings (SSSR count). The van der Waals surface area contributed by atoms with Gasteiger partial charge in [0.05, 0.1) is 25.0 Å². The maximum absolute atomic E-state index is 14.1. The van der Waals surface area contributed by atoms with Gasteiger partial charge in [0.25, 0.3) is 5.91 Å². The van der Waals surface area contributed by atoms with Crippen LogP contribution < -0.4 is 9.47 Å². The van der Waals surface area contributed by atoms with Crippen molar-refractivity contribution in [1.82, 2.24) is 19.7 Å². The molecule has 0 unspecified atom stereocenters. The van der Waals surface area contributed by atoms with Crippen molar-refractivity contribution in [3.8, 4) is 22.9 Å². The molecule has 0 radical (unpaired) electrons. The van der Waals surface area contributed by atoms with Gasteiger partial charge in [-0.05, 0) is 31.5 Å². The van der Waals surface area contributed by atoms with E-state index in [-0.39, 0.29) is 18.2 Å². The van der Waals surface area contributed by atoms with Gasteiger partial charge >= 0.3 is 6.61 Å². The molecule has 0 spiro atoms. The molecule has 3 heterocycles. The van der Waals surface area contributed by atoms with Crippen molar-refractivity contribution >= 4 is 5.91 Å². The summed E-state index contributed by atoms with van der Waals surface area (Å²) in [4.78, 5) is 18.9. The van der Waals surface area contributed by atoms with E-state index < -0.39 is 12.4 Å². The Morgan fingerprint density at radius 3 is 2.75 bits per heavy atom. The highest BCUT2D eigenvalue weighted by Crippen LogP contribution is 2.33. The van der Waals surface area contributed by atoms with Crippen LogP contribution >= 0.6 is 0 Å². The average Bonchev–Trinajstić information content (AvgIpc) is 3.07. The van der Waals surface area contributed by atoms with Gasteiger partial charge in [0.2, 0.25) is 5.88 Å². The van der Waals surface area contributed by atoms with E-state index in [1.807, 2.05) is 0 Å². The zero-order valence-electron chi connectivity index (χ0n) is 17.7. The minimum Gasteiger partial charge on any atom is -0.481 e. The number of fused-ring (bicyclic) bond motifs is 1. The van der Waals surface area contributed by atoms with Crippen molar-refractivity contribution in [2.45, 2.75) is 26.5 Å². The van der Waals surface area contributed by atoms with Crippen LogP contribution in [0.15, 0.2) is 30.5 Å². The third-order valence-corrected chi connectivity index (χ3v) is 5.44. The standard InChI is InChI=1S/C22H21F3N4O3/c1-12-16(4-6-26-20(12)31-3)21(30)29-7-5-17-18(11-29)27-28(2)19(17)13-8-14(23)10-15(9-13)32-22(24)25/h4,6,8-10,22H,5,7,11H2,1-3H3. The molecule has 1 amide bonds. The van der Waals surface area contributed by atoms with Gasteiger partial charge in [0.15, 0.2) is 0 Å². The van der Waals surface area contributed by atoms with Crippen molar-refractivity contribution in [2.24, 2.45) is 7.05 Å². The predicted molar refractivity (Wildman–Crippen MR) is 109 cm³/mol. The number of hydrogen-bond donors (Lipinski definition) is 0. The highest BCUT2D eigenvalue weighted by molar-refractivity contribution is 5.96. The van der Waals surface area contributed by atoms with E-state index in [1.54, 1.807) is 29.6 Å². The summed E-state index contributed by atoms with van der Waals surface area (Å²) in [7, 11) is 3.19. The van der Waals surface area contributed by atoms with Crippen LogP contribution in [0, 0.1) is 12.7 Å². The number of carbonyl (C=O) groups is 1. The summed E-state index contributed by atoms with van der Waals surface area (Å²) in [5.41, 5.74) is 3.64. The normalized spacial score (nSPS) is 13.3. The van der Waals surface area contributed by atoms with Crippen LogP contribution in [-0.4, -0.2) is 45.8 Å². The molecule has 0 bridgehead atoms. The molecule has 0 fully saturated rings. The Kier molecular flexibility index (Phi) is 5.77. The summed E-state index contributed by atoms with van der Waals surface area (Å²) in [6.45, 7) is -0.595. The molecule has 0 saturated heterocycles. The Bertz CT molecular complexity index is 1180. The number of amides is 1. The first-order valence-electron chi connectivity index (χ1n) is 9.88. The van der Waals surface area contributed by atoms with E-state index >= 15 is 0 Å². The van der Waals surface area contributed by atoms with Crippen molar-refractivity contribution in [1.29, 1.82) is 0 Å². The summed E-state index contributed by atoms with van der Waals surface area (Å²) in [5.74, 6) is -0.733. The predicted octanol–water partition coefficient (Wildman–Crippen LogP) is 3.74. The summed E-state index contributed by atoms with van der Waals surface area (Å²) in [5, 5.41) is 4.50. The van der Waals surface area contributed by atoms with Gasteiger partial charge in [0.1, 0.15) is 11.6 Å². The van der Waals surface area contributed by atoms with Gasteiger partial charge in [0, 0.05) is 48.1 Å². The summed E-state index contributed by atoms with van der Waals surface area (Å²) in [6, 6.07) is 5.16. The molecule has 168 valence electrons. The molecule has 0 saturated carbocycles. The third kappa shape index (κ3) is 4.00. The van der Waals surface area contributed by atoms with Crippen LogP contribution in [0.25, 0.3) is 11.3 Å². The summed E-state index contributed by atoms with van der Waals surface area (Å²) in [6.07, 6.45) is 2.00. The molecule has 2 aromatic heterocycles. The quantitative estimate of drug-likeness (QED) is 0.597. The highest BCUT2D eigenvalue weighted by Gasteiger charge is 2.29. The van der Waals surface area contributed by atoms with E-state index in [1.165, 1.54) is 25.4 Å². The fraction of sp³-hybridized carbons (Fsp3) is 0.318. The fourth-order valence-electron chi connectivity index (χ4n) is 4.05. The Labute approximate surface area is 182 Å². The number of halogens is 3. The first-order chi connectivity index (χ1) is 15.3. The number of hydrogen-bond acceptors (Lipinski definition) is 5. The smallest absolute Gasteiger partial charge is 0.387 e. The minimum atomic E-state index is -3.06. The zero-order chi connectivity index (χ0) is 23.0. The van der Waals surface area contributed by atoms with Gasteiger partial charge in [-0.3, -0.25) is 9.48 Å². The largest absolute Gasteiger partial charge is 0.481 e. The maximum Gasteiger partial charge on any atom is 0.387 e. The van der Waals surface area contributed by atoms with Crippen molar-refractivity contribution < 1.29 is 27.4 Å². The Balaban J connectivity index is 1.64. The number of aryl methyl sites for hydroxylation is 1. The number of benzene rings is 1. The summed E-state index contributed by atoms with van der Waals surface area (Å²) >= 11 is 0. The molecule has 1 aliphatic rings. The van der Waals surface area contributed by atoms with Crippen molar-refractivity contribution in [3.05, 3.63) is 58.7 Å². The van der Waals surface area contributed by atoms with Gasteiger partial charge in [-0.25, -0.2) is 9.37 Å². The van der Waals surface area contributed by atoms with E-state index in [0.29, 0.717) is 46.9 Å². The second-order valence-electron chi connectivity index (χ2n) is 7.42. The van der Waals surface area contributed by atoms with Crippen LogP contribution in [0.3, 0.4) is 0 Å². The fourth-order valence-corrected chi connectivity index (χ4v) is 4.05. The molecule has 3 aromatic rings. The molecule has 32 heavy (non-hydrogen) atoms. The van der Waals surface area contributed by atoms with E-state index in [9.17, 15) is 18.0 Å². The number of ether oxygens (including phenoxy) is 2. The second kappa shape index (κ2) is 8.52. The number of methoxy groups -OCH3 is 1. The van der Waals surface area contributed by atoms with Crippen LogP contribution in [0.1, 0.15) is 27.2 Å². The highest BCUT2D eigenvalue weighted by atomic mass is 19.3. The lowest BCUT2D eigenvalue weighted by atomic mass is 9.98. The zero-order valence-corrected chi connectivity index (χ0v) is 17.7. The number of nitrogens with zero attached hydrogens (tertiary/aromatic N) is 4. The Hall–Kier alpha value is -3.56. The average molecular weight is 446 g/mol. The van der Waals surface area contributed by atoms with Gasteiger partial charge in [-0.15, -0.1) is 0 Å². The number of rotatable bonds is 5. The topological polar surface area (TPSA) is 69.5 Å². The molecule has 7 nitrogen and oxygen atoms in total. The number of alkyl halides is 2. The molecule has 0 aliphatic carbocycles. The minimum absolute atomic E-state index is 0.167.